The van der Waals surface area contributed by atoms with Crippen LogP contribution in [0.2, 0.25) is 0 Å². The number of nitrogens with two attached hydrogens (primary N) is 2. The van der Waals surface area contributed by atoms with Gasteiger partial charge in [0.1, 0.15) is 15.2 Å². The SMILES string of the molecule is CO[C@@H]1CN(c2ccc3c(c2)CC[C@H](NC(=O)c2sc4nc(C)cnc4c2N)C3)C[C@H]1N. The van der Waals surface area contributed by atoms with Crippen LogP contribution in [0.3, 0.4) is 0 Å². The average Bonchev–Trinajstić information content (AvgIpc) is 3.32. The van der Waals surface area contributed by atoms with Gasteiger partial charge in [0.15, 0.2) is 0 Å². The lowest BCUT2D eigenvalue weighted by molar-refractivity contribution is 0.0938. The Bertz CT molecular complexity index is 1180. The zero-order chi connectivity index (χ0) is 22.4. The number of methoxy groups -OCH3 is 1. The molecule has 0 radical (unpaired) electrons. The van der Waals surface area contributed by atoms with Gasteiger partial charge in [-0.05, 0) is 49.4 Å². The van der Waals surface area contributed by atoms with Crippen molar-refractivity contribution >= 4 is 39.0 Å². The van der Waals surface area contributed by atoms with Crippen molar-refractivity contribution in [1.82, 2.24) is 15.3 Å². The molecule has 1 fully saturated rings. The van der Waals surface area contributed by atoms with Gasteiger partial charge >= 0.3 is 0 Å². The number of ether oxygens (including phenoxy) is 1. The summed E-state index contributed by atoms with van der Waals surface area (Å²) in [6.45, 7) is 3.49. The van der Waals surface area contributed by atoms with E-state index in [-0.39, 0.29) is 24.1 Å². The highest BCUT2D eigenvalue weighted by Crippen LogP contribution is 2.32. The Morgan fingerprint density at radius 1 is 1.31 bits per heavy atom. The lowest BCUT2D eigenvalue weighted by Crippen LogP contribution is -2.38. The molecule has 0 unspecified atom stereocenters. The van der Waals surface area contributed by atoms with E-state index in [4.69, 9.17) is 16.2 Å². The van der Waals surface area contributed by atoms with Crippen LogP contribution in [0.1, 0.15) is 32.9 Å². The van der Waals surface area contributed by atoms with Crippen LogP contribution in [0.4, 0.5) is 11.4 Å². The predicted molar refractivity (Wildman–Crippen MR) is 127 cm³/mol. The van der Waals surface area contributed by atoms with Crippen LogP contribution in [0.25, 0.3) is 10.3 Å². The molecule has 1 amide bonds. The largest absolute Gasteiger partial charge is 0.396 e. The van der Waals surface area contributed by atoms with Crippen LogP contribution >= 0.6 is 11.3 Å². The van der Waals surface area contributed by atoms with Gasteiger partial charge in [0.2, 0.25) is 0 Å². The summed E-state index contributed by atoms with van der Waals surface area (Å²) in [6, 6.07) is 6.70. The first-order chi connectivity index (χ1) is 15.4. The molecule has 1 aliphatic heterocycles. The van der Waals surface area contributed by atoms with Crippen LogP contribution in [0.15, 0.2) is 24.4 Å². The van der Waals surface area contributed by atoms with Crippen molar-refractivity contribution in [2.45, 2.75) is 44.4 Å². The number of aryl methyl sites for hydroxylation is 2. The zero-order valence-corrected chi connectivity index (χ0v) is 19.1. The molecular formula is C23H28N6O2S. The highest BCUT2D eigenvalue weighted by atomic mass is 32.1. The summed E-state index contributed by atoms with van der Waals surface area (Å²) in [6.07, 6.45) is 4.36. The Morgan fingerprint density at radius 2 is 2.16 bits per heavy atom. The lowest BCUT2D eigenvalue weighted by Gasteiger charge is -2.27. The number of hydrogen-bond acceptors (Lipinski definition) is 8. The number of thiophene rings is 1. The molecule has 0 saturated carbocycles. The highest BCUT2D eigenvalue weighted by Gasteiger charge is 2.31. The van der Waals surface area contributed by atoms with E-state index in [1.54, 1.807) is 13.3 Å². The van der Waals surface area contributed by atoms with Crippen molar-refractivity contribution in [3.05, 3.63) is 46.1 Å². The van der Waals surface area contributed by atoms with Gasteiger partial charge < -0.3 is 26.4 Å². The second-order valence-corrected chi connectivity index (χ2v) is 9.72. The molecule has 1 aliphatic carbocycles. The molecule has 0 bridgehead atoms. The number of nitrogens with zero attached hydrogens (tertiary/aromatic N) is 3. The standard InChI is InChI=1S/C23H28N6O2S/c1-12-9-26-20-19(25)21(32-23(20)27-12)22(30)28-15-5-3-14-8-16(6-4-13(14)7-15)29-10-17(24)18(11-29)31-2/h4,6,8-9,15,17-18H,3,5,7,10-11,24-25H2,1-2H3,(H,28,30)/t15-,17+,18+/m0/s1. The van der Waals surface area contributed by atoms with Gasteiger partial charge in [-0.15, -0.1) is 11.3 Å². The normalized spacial score (nSPS) is 22.8. The van der Waals surface area contributed by atoms with E-state index in [2.05, 4.69) is 38.4 Å². The van der Waals surface area contributed by atoms with Gasteiger partial charge in [0.25, 0.3) is 5.91 Å². The molecule has 9 heteroatoms. The number of fused-ring (bicyclic) bond motifs is 2. The van der Waals surface area contributed by atoms with Crippen molar-refractivity contribution in [1.29, 1.82) is 0 Å². The van der Waals surface area contributed by atoms with E-state index >= 15 is 0 Å². The minimum atomic E-state index is -0.147. The third kappa shape index (κ3) is 3.80. The van der Waals surface area contributed by atoms with Crippen LogP contribution in [0.5, 0.6) is 0 Å². The number of amides is 1. The van der Waals surface area contributed by atoms with Crippen molar-refractivity contribution < 1.29 is 9.53 Å². The average molecular weight is 453 g/mol. The lowest BCUT2D eigenvalue weighted by atomic mass is 9.87. The van der Waals surface area contributed by atoms with E-state index in [1.165, 1.54) is 28.2 Å². The Morgan fingerprint density at radius 3 is 2.94 bits per heavy atom. The Balaban J connectivity index is 1.28. The van der Waals surface area contributed by atoms with Crippen LogP contribution in [-0.4, -0.2) is 54.3 Å². The number of carbonyl (C=O) groups excluding carboxylic acids is 1. The summed E-state index contributed by atoms with van der Waals surface area (Å²) in [4.78, 5) is 25.2. The van der Waals surface area contributed by atoms with E-state index in [0.29, 0.717) is 20.9 Å². The minimum absolute atomic E-state index is 0.0336. The van der Waals surface area contributed by atoms with E-state index < -0.39 is 0 Å². The number of rotatable bonds is 4. The minimum Gasteiger partial charge on any atom is -0.396 e. The van der Waals surface area contributed by atoms with Crippen LogP contribution in [0, 0.1) is 6.92 Å². The number of aromatic nitrogens is 2. The fraction of sp³-hybridized carbons (Fsp3) is 0.435. The van der Waals surface area contributed by atoms with Crippen LogP contribution in [-0.2, 0) is 17.6 Å². The van der Waals surface area contributed by atoms with Crippen molar-refractivity contribution in [3.8, 4) is 0 Å². The quantitative estimate of drug-likeness (QED) is 0.554. The summed E-state index contributed by atoms with van der Waals surface area (Å²) in [7, 11) is 1.72. The topological polar surface area (TPSA) is 119 Å². The Labute approximate surface area is 191 Å². The molecule has 0 spiro atoms. The van der Waals surface area contributed by atoms with Gasteiger partial charge in [-0.2, -0.15) is 0 Å². The number of nitrogens with one attached hydrogen (secondary N) is 1. The molecule has 32 heavy (non-hydrogen) atoms. The fourth-order valence-electron chi connectivity index (χ4n) is 4.71. The maximum Gasteiger partial charge on any atom is 0.263 e. The number of hydrogen-bond donors (Lipinski definition) is 3. The first-order valence-electron chi connectivity index (χ1n) is 10.9. The first-order valence-corrected chi connectivity index (χ1v) is 11.7. The molecule has 2 aromatic heterocycles. The monoisotopic (exact) mass is 452 g/mol. The van der Waals surface area contributed by atoms with Crippen molar-refractivity contribution in [2.24, 2.45) is 5.73 Å². The molecule has 3 atom stereocenters. The molecule has 1 saturated heterocycles. The summed E-state index contributed by atoms with van der Waals surface area (Å²) in [5.74, 6) is -0.147. The van der Waals surface area contributed by atoms with E-state index in [0.717, 1.165) is 38.0 Å². The maximum absolute atomic E-state index is 13.0. The molecular weight excluding hydrogens is 424 g/mol. The molecule has 8 nitrogen and oxygen atoms in total. The molecule has 5 N–H and O–H groups in total. The number of anilines is 2. The van der Waals surface area contributed by atoms with Crippen LogP contribution < -0.4 is 21.7 Å². The first kappa shape index (κ1) is 21.1. The Kier molecular flexibility index (Phi) is 5.48. The molecule has 2 aliphatic rings. The fourth-order valence-corrected chi connectivity index (χ4v) is 5.71. The van der Waals surface area contributed by atoms with Crippen molar-refractivity contribution in [3.63, 3.8) is 0 Å². The summed E-state index contributed by atoms with van der Waals surface area (Å²) in [5, 5.41) is 3.17. The highest BCUT2D eigenvalue weighted by molar-refractivity contribution is 7.21. The Hall–Kier alpha value is -2.75. The number of nitrogen functional groups attached to an aromatic ring is 1. The molecule has 1 aromatic carbocycles. The van der Waals surface area contributed by atoms with Gasteiger partial charge in [-0.1, -0.05) is 6.07 Å². The number of benzene rings is 1. The van der Waals surface area contributed by atoms with Gasteiger partial charge in [-0.25, -0.2) is 9.97 Å². The molecule has 3 aromatic rings. The smallest absolute Gasteiger partial charge is 0.263 e. The second kappa shape index (κ2) is 8.31. The molecule has 3 heterocycles. The third-order valence-electron chi connectivity index (χ3n) is 6.50. The van der Waals surface area contributed by atoms with E-state index in [1.807, 2.05) is 6.92 Å². The second-order valence-electron chi connectivity index (χ2n) is 8.72. The predicted octanol–water partition coefficient (Wildman–Crippen LogP) is 2.03. The molecule has 168 valence electrons. The summed E-state index contributed by atoms with van der Waals surface area (Å²) in [5.41, 5.74) is 18.0. The summed E-state index contributed by atoms with van der Waals surface area (Å²) < 4.78 is 5.49. The maximum atomic E-state index is 13.0. The van der Waals surface area contributed by atoms with E-state index in [9.17, 15) is 4.79 Å². The van der Waals surface area contributed by atoms with Gasteiger partial charge in [-0.3, -0.25) is 4.79 Å². The van der Waals surface area contributed by atoms with Crippen molar-refractivity contribution in [2.75, 3.05) is 30.8 Å². The number of carbonyl (C=O) groups is 1. The third-order valence-corrected chi connectivity index (χ3v) is 7.58. The molecule has 5 rings (SSSR count). The zero-order valence-electron chi connectivity index (χ0n) is 18.3. The van der Waals surface area contributed by atoms with Gasteiger partial charge in [0.05, 0.1) is 23.5 Å². The summed E-state index contributed by atoms with van der Waals surface area (Å²) >= 11 is 1.30. The van der Waals surface area contributed by atoms with Gasteiger partial charge in [0, 0.05) is 38.1 Å².